The quantitative estimate of drug-likeness (QED) is 0.492. The maximum Gasteiger partial charge on any atom is 0.253 e. The topological polar surface area (TPSA) is 78.9 Å². The SMILES string of the molecule is CCNC(=NCc1ccc(OCC2CC2)nc1)NCc1ccc(C(=O)N(C)C)cc1. The van der Waals surface area contributed by atoms with Crippen LogP contribution in [0.2, 0.25) is 0 Å². The third-order valence-electron chi connectivity index (χ3n) is 4.79. The summed E-state index contributed by atoms with van der Waals surface area (Å²) in [6, 6.07) is 11.5. The van der Waals surface area contributed by atoms with E-state index in [1.165, 1.54) is 12.8 Å². The molecule has 1 amide bonds. The molecule has 2 aromatic rings. The third kappa shape index (κ3) is 6.76. The molecule has 1 aromatic heterocycles. The highest BCUT2D eigenvalue weighted by Gasteiger charge is 2.22. The molecule has 3 rings (SSSR count). The Bertz CT molecular complexity index is 843. The Morgan fingerprint density at radius 1 is 1.13 bits per heavy atom. The van der Waals surface area contributed by atoms with Crippen molar-refractivity contribution in [2.24, 2.45) is 10.9 Å². The molecule has 160 valence electrons. The van der Waals surface area contributed by atoms with Crippen molar-refractivity contribution in [3.8, 4) is 5.88 Å². The second-order valence-electron chi connectivity index (χ2n) is 7.70. The largest absolute Gasteiger partial charge is 0.477 e. The first-order valence-electron chi connectivity index (χ1n) is 10.5. The number of hydrogen-bond donors (Lipinski definition) is 2. The van der Waals surface area contributed by atoms with Crippen LogP contribution in [0.15, 0.2) is 47.6 Å². The number of nitrogens with one attached hydrogen (secondary N) is 2. The molecule has 2 N–H and O–H groups in total. The maximum atomic E-state index is 12.0. The van der Waals surface area contributed by atoms with E-state index in [-0.39, 0.29) is 5.91 Å². The molecule has 0 aliphatic heterocycles. The molecule has 1 aliphatic rings. The van der Waals surface area contributed by atoms with Crippen LogP contribution < -0.4 is 15.4 Å². The van der Waals surface area contributed by atoms with Crippen LogP contribution in [0.25, 0.3) is 0 Å². The summed E-state index contributed by atoms with van der Waals surface area (Å²) in [4.78, 5) is 22.6. The molecule has 0 saturated heterocycles. The lowest BCUT2D eigenvalue weighted by Gasteiger charge is -2.13. The second-order valence-corrected chi connectivity index (χ2v) is 7.70. The number of aliphatic imine (C=N–C) groups is 1. The Labute approximate surface area is 178 Å². The molecular weight excluding hydrogens is 378 g/mol. The third-order valence-corrected chi connectivity index (χ3v) is 4.79. The first-order chi connectivity index (χ1) is 14.5. The standard InChI is InChI=1S/C23H31N5O2/c1-4-24-23(26-13-17-7-10-20(11-8-17)22(29)28(2)3)27-15-19-9-12-21(25-14-19)30-16-18-5-6-18/h7-12,14,18H,4-6,13,15-16H2,1-3H3,(H2,24,26,27). The van der Waals surface area contributed by atoms with Crippen LogP contribution in [0.4, 0.5) is 0 Å². The van der Waals surface area contributed by atoms with Crippen molar-refractivity contribution in [1.82, 2.24) is 20.5 Å². The van der Waals surface area contributed by atoms with Crippen LogP contribution >= 0.6 is 0 Å². The van der Waals surface area contributed by atoms with Gasteiger partial charge in [0.25, 0.3) is 5.91 Å². The zero-order valence-electron chi connectivity index (χ0n) is 18.0. The molecule has 1 heterocycles. The Kier molecular flexibility index (Phi) is 7.65. The van der Waals surface area contributed by atoms with Crippen LogP contribution in [0.5, 0.6) is 5.88 Å². The number of ether oxygens (including phenoxy) is 1. The number of guanidine groups is 1. The summed E-state index contributed by atoms with van der Waals surface area (Å²) in [5.41, 5.74) is 2.79. The van der Waals surface area contributed by atoms with E-state index in [0.29, 0.717) is 24.5 Å². The van der Waals surface area contributed by atoms with Crippen molar-refractivity contribution in [3.05, 3.63) is 59.3 Å². The Morgan fingerprint density at radius 2 is 1.87 bits per heavy atom. The average molecular weight is 410 g/mol. The minimum atomic E-state index is 0.00183. The van der Waals surface area contributed by atoms with Gasteiger partial charge in [0.05, 0.1) is 13.2 Å². The molecule has 1 saturated carbocycles. The van der Waals surface area contributed by atoms with Crippen LogP contribution in [-0.2, 0) is 13.1 Å². The molecule has 0 unspecified atom stereocenters. The molecule has 7 nitrogen and oxygen atoms in total. The Morgan fingerprint density at radius 3 is 2.47 bits per heavy atom. The van der Waals surface area contributed by atoms with E-state index in [0.717, 1.165) is 36.2 Å². The zero-order valence-corrected chi connectivity index (χ0v) is 18.0. The predicted octanol–water partition coefficient (Wildman–Crippen LogP) is 2.83. The Balaban J connectivity index is 1.51. The fourth-order valence-corrected chi connectivity index (χ4v) is 2.80. The number of carbonyl (C=O) groups excluding carboxylic acids is 1. The lowest BCUT2D eigenvalue weighted by atomic mass is 10.1. The van der Waals surface area contributed by atoms with E-state index in [9.17, 15) is 4.79 Å². The first kappa shape index (κ1) is 21.6. The normalized spacial score (nSPS) is 13.6. The zero-order chi connectivity index (χ0) is 21.3. The molecule has 0 spiro atoms. The van der Waals surface area contributed by atoms with Crippen LogP contribution in [0, 0.1) is 5.92 Å². The number of carbonyl (C=O) groups is 1. The number of pyridine rings is 1. The van der Waals surface area contributed by atoms with Gasteiger partial charge in [-0.2, -0.15) is 0 Å². The highest BCUT2D eigenvalue weighted by atomic mass is 16.5. The van der Waals surface area contributed by atoms with Crippen molar-refractivity contribution in [1.29, 1.82) is 0 Å². The molecular formula is C23H31N5O2. The summed E-state index contributed by atoms with van der Waals surface area (Å²) in [5.74, 6) is 2.13. The van der Waals surface area contributed by atoms with Gasteiger partial charge in [-0.25, -0.2) is 9.98 Å². The predicted molar refractivity (Wildman–Crippen MR) is 119 cm³/mol. The van der Waals surface area contributed by atoms with Gasteiger partial charge in [-0.05, 0) is 48.9 Å². The number of aromatic nitrogens is 1. The van der Waals surface area contributed by atoms with Gasteiger partial charge in [-0.3, -0.25) is 4.79 Å². The maximum absolute atomic E-state index is 12.0. The minimum absolute atomic E-state index is 0.00183. The fourth-order valence-electron chi connectivity index (χ4n) is 2.80. The lowest BCUT2D eigenvalue weighted by Crippen LogP contribution is -2.36. The van der Waals surface area contributed by atoms with Gasteiger partial charge in [-0.1, -0.05) is 18.2 Å². The monoisotopic (exact) mass is 409 g/mol. The van der Waals surface area contributed by atoms with Gasteiger partial charge < -0.3 is 20.3 Å². The molecule has 7 heteroatoms. The molecule has 1 aromatic carbocycles. The van der Waals surface area contributed by atoms with Gasteiger partial charge in [0.15, 0.2) is 5.96 Å². The van der Waals surface area contributed by atoms with Crippen molar-refractivity contribution in [2.45, 2.75) is 32.9 Å². The van der Waals surface area contributed by atoms with E-state index in [4.69, 9.17) is 4.74 Å². The van der Waals surface area contributed by atoms with Gasteiger partial charge in [0, 0.05) is 45.0 Å². The fraction of sp³-hybridized carbons (Fsp3) is 0.435. The van der Waals surface area contributed by atoms with Gasteiger partial charge >= 0.3 is 0 Å². The number of rotatable bonds is 9. The number of nitrogens with zero attached hydrogens (tertiary/aromatic N) is 3. The second kappa shape index (κ2) is 10.6. The summed E-state index contributed by atoms with van der Waals surface area (Å²) in [6.45, 7) is 4.72. The van der Waals surface area contributed by atoms with Gasteiger partial charge in [-0.15, -0.1) is 0 Å². The molecule has 0 radical (unpaired) electrons. The van der Waals surface area contributed by atoms with E-state index in [1.807, 2.05) is 49.5 Å². The van der Waals surface area contributed by atoms with Gasteiger partial charge in [0.2, 0.25) is 5.88 Å². The number of benzene rings is 1. The van der Waals surface area contributed by atoms with E-state index in [2.05, 4.69) is 20.6 Å². The summed E-state index contributed by atoms with van der Waals surface area (Å²) < 4.78 is 5.68. The number of hydrogen-bond acceptors (Lipinski definition) is 4. The average Bonchev–Trinajstić information content (AvgIpc) is 3.59. The van der Waals surface area contributed by atoms with Crippen molar-refractivity contribution >= 4 is 11.9 Å². The summed E-state index contributed by atoms with van der Waals surface area (Å²) in [7, 11) is 3.50. The molecule has 0 atom stereocenters. The summed E-state index contributed by atoms with van der Waals surface area (Å²) in [6.07, 6.45) is 4.35. The molecule has 30 heavy (non-hydrogen) atoms. The van der Waals surface area contributed by atoms with Crippen molar-refractivity contribution in [2.75, 3.05) is 27.2 Å². The highest BCUT2D eigenvalue weighted by Crippen LogP contribution is 2.29. The van der Waals surface area contributed by atoms with Crippen molar-refractivity contribution < 1.29 is 9.53 Å². The van der Waals surface area contributed by atoms with Crippen LogP contribution in [-0.4, -0.2) is 49.0 Å². The smallest absolute Gasteiger partial charge is 0.253 e. The van der Waals surface area contributed by atoms with Crippen LogP contribution in [0.1, 0.15) is 41.3 Å². The Hall–Kier alpha value is -3.09. The van der Waals surface area contributed by atoms with Gasteiger partial charge in [0.1, 0.15) is 0 Å². The highest BCUT2D eigenvalue weighted by molar-refractivity contribution is 5.93. The van der Waals surface area contributed by atoms with E-state index in [1.54, 1.807) is 19.0 Å². The van der Waals surface area contributed by atoms with E-state index < -0.39 is 0 Å². The lowest BCUT2D eigenvalue weighted by molar-refractivity contribution is 0.0827. The summed E-state index contributed by atoms with van der Waals surface area (Å²) in [5, 5.41) is 6.58. The number of amides is 1. The molecule has 1 fully saturated rings. The minimum Gasteiger partial charge on any atom is -0.477 e. The van der Waals surface area contributed by atoms with E-state index >= 15 is 0 Å². The molecule has 1 aliphatic carbocycles. The van der Waals surface area contributed by atoms with Crippen molar-refractivity contribution in [3.63, 3.8) is 0 Å². The van der Waals surface area contributed by atoms with Crippen LogP contribution in [0.3, 0.4) is 0 Å². The summed E-state index contributed by atoms with van der Waals surface area (Å²) >= 11 is 0. The molecule has 0 bridgehead atoms. The first-order valence-corrected chi connectivity index (χ1v) is 10.5.